The molecule has 1 aromatic rings. The Morgan fingerprint density at radius 1 is 1.20 bits per heavy atom. The van der Waals surface area contributed by atoms with Crippen LogP contribution in [0.4, 0.5) is 0 Å². The molecule has 0 aliphatic carbocycles. The molecule has 0 spiro atoms. The van der Waals surface area contributed by atoms with Crippen LogP contribution in [0.1, 0.15) is 36.0 Å². The molecular formula is C15H18Br2N2O. The van der Waals surface area contributed by atoms with E-state index in [1.807, 2.05) is 18.2 Å². The standard InChI is InChI=1S/C15H18Br2N2O/c16-10-4-5-12(17)11(9-10)15(20)18-13-6-8-19-7-2-1-3-14(13)19/h4-5,9,13-14H,1-3,6-8H2,(H,18,20). The van der Waals surface area contributed by atoms with E-state index in [-0.39, 0.29) is 5.91 Å². The first-order valence-corrected chi connectivity index (χ1v) is 8.74. The van der Waals surface area contributed by atoms with Crippen LogP contribution < -0.4 is 5.32 Å². The molecule has 5 heteroatoms. The first kappa shape index (κ1) is 14.5. The summed E-state index contributed by atoms with van der Waals surface area (Å²) in [4.78, 5) is 15.0. The summed E-state index contributed by atoms with van der Waals surface area (Å²) in [6.45, 7) is 2.31. The van der Waals surface area contributed by atoms with Crippen molar-refractivity contribution in [2.75, 3.05) is 13.1 Å². The number of piperidine rings is 1. The van der Waals surface area contributed by atoms with Gasteiger partial charge < -0.3 is 5.32 Å². The van der Waals surface area contributed by atoms with E-state index in [1.165, 1.54) is 25.8 Å². The predicted molar refractivity (Wildman–Crippen MR) is 86.9 cm³/mol. The van der Waals surface area contributed by atoms with E-state index >= 15 is 0 Å². The van der Waals surface area contributed by atoms with Gasteiger partial charge in [-0.05, 0) is 59.9 Å². The fraction of sp³-hybridized carbons (Fsp3) is 0.533. The second kappa shape index (κ2) is 6.16. The highest BCUT2D eigenvalue weighted by atomic mass is 79.9. The van der Waals surface area contributed by atoms with E-state index in [0.29, 0.717) is 17.6 Å². The van der Waals surface area contributed by atoms with Gasteiger partial charge in [0.1, 0.15) is 0 Å². The summed E-state index contributed by atoms with van der Waals surface area (Å²) in [6, 6.07) is 6.54. The Kier molecular flexibility index (Phi) is 4.48. The van der Waals surface area contributed by atoms with Crippen LogP contribution in [0.25, 0.3) is 0 Å². The SMILES string of the molecule is O=C(NC1CCN2CCCCC12)c1cc(Br)ccc1Br. The van der Waals surface area contributed by atoms with Crippen molar-refractivity contribution >= 4 is 37.8 Å². The van der Waals surface area contributed by atoms with Gasteiger partial charge in [0.25, 0.3) is 5.91 Å². The topological polar surface area (TPSA) is 32.3 Å². The van der Waals surface area contributed by atoms with Crippen molar-refractivity contribution in [3.63, 3.8) is 0 Å². The molecule has 2 aliphatic heterocycles. The maximum absolute atomic E-state index is 12.5. The molecule has 2 atom stereocenters. The molecule has 3 nitrogen and oxygen atoms in total. The third-order valence-electron chi connectivity index (χ3n) is 4.35. The van der Waals surface area contributed by atoms with Crippen LogP contribution >= 0.6 is 31.9 Å². The number of halogens is 2. The lowest BCUT2D eigenvalue weighted by atomic mass is 9.99. The molecule has 20 heavy (non-hydrogen) atoms. The van der Waals surface area contributed by atoms with Crippen molar-refractivity contribution in [3.05, 3.63) is 32.7 Å². The summed E-state index contributed by atoms with van der Waals surface area (Å²) in [7, 11) is 0. The number of hydrogen-bond donors (Lipinski definition) is 1. The highest BCUT2D eigenvalue weighted by Gasteiger charge is 2.36. The largest absolute Gasteiger partial charge is 0.348 e. The average molecular weight is 402 g/mol. The van der Waals surface area contributed by atoms with Gasteiger partial charge >= 0.3 is 0 Å². The van der Waals surface area contributed by atoms with Gasteiger partial charge in [-0.25, -0.2) is 0 Å². The zero-order chi connectivity index (χ0) is 14.1. The molecular weight excluding hydrogens is 384 g/mol. The minimum atomic E-state index is 0.0237. The summed E-state index contributed by atoms with van der Waals surface area (Å²) in [5, 5.41) is 3.23. The second-order valence-corrected chi connectivity index (χ2v) is 7.36. The summed E-state index contributed by atoms with van der Waals surface area (Å²) >= 11 is 6.88. The Labute approximate surface area is 136 Å². The average Bonchev–Trinajstić information content (AvgIpc) is 2.85. The number of carbonyl (C=O) groups excluding carboxylic acids is 1. The van der Waals surface area contributed by atoms with Crippen LogP contribution in [-0.4, -0.2) is 36.0 Å². The maximum atomic E-state index is 12.5. The molecule has 2 unspecified atom stereocenters. The molecule has 2 saturated heterocycles. The summed E-state index contributed by atoms with van der Waals surface area (Å²) in [6.07, 6.45) is 4.87. The molecule has 0 aromatic heterocycles. The molecule has 2 aliphatic rings. The molecule has 0 bridgehead atoms. The molecule has 1 amide bonds. The van der Waals surface area contributed by atoms with Crippen LogP contribution in [0.5, 0.6) is 0 Å². The Hall–Kier alpha value is -0.390. The molecule has 1 aromatic carbocycles. The van der Waals surface area contributed by atoms with Gasteiger partial charge in [-0.1, -0.05) is 22.4 Å². The summed E-state index contributed by atoms with van der Waals surface area (Å²) < 4.78 is 1.77. The van der Waals surface area contributed by atoms with Gasteiger partial charge in [0.15, 0.2) is 0 Å². The number of carbonyl (C=O) groups is 1. The number of benzene rings is 1. The second-order valence-electron chi connectivity index (χ2n) is 5.59. The number of fused-ring (bicyclic) bond motifs is 1. The molecule has 1 N–H and O–H groups in total. The lowest BCUT2D eigenvalue weighted by Gasteiger charge is -2.32. The molecule has 0 saturated carbocycles. The number of amides is 1. The van der Waals surface area contributed by atoms with E-state index in [2.05, 4.69) is 42.1 Å². The smallest absolute Gasteiger partial charge is 0.252 e. The first-order valence-electron chi connectivity index (χ1n) is 7.15. The van der Waals surface area contributed by atoms with Gasteiger partial charge in [-0.3, -0.25) is 9.69 Å². The minimum absolute atomic E-state index is 0.0237. The van der Waals surface area contributed by atoms with Gasteiger partial charge in [0.05, 0.1) is 5.56 Å². The van der Waals surface area contributed by atoms with Crippen LogP contribution in [0, 0.1) is 0 Å². The van der Waals surface area contributed by atoms with Gasteiger partial charge in [-0.15, -0.1) is 0 Å². The number of hydrogen-bond acceptors (Lipinski definition) is 2. The maximum Gasteiger partial charge on any atom is 0.252 e. The van der Waals surface area contributed by atoms with E-state index < -0.39 is 0 Å². The van der Waals surface area contributed by atoms with Crippen LogP contribution in [0.3, 0.4) is 0 Å². The Morgan fingerprint density at radius 2 is 2.05 bits per heavy atom. The predicted octanol–water partition coefficient (Wildman–Crippen LogP) is 3.57. The van der Waals surface area contributed by atoms with Crippen molar-refractivity contribution in [1.82, 2.24) is 10.2 Å². The normalized spacial score (nSPS) is 26.3. The fourth-order valence-electron chi connectivity index (χ4n) is 3.33. The van der Waals surface area contributed by atoms with Crippen molar-refractivity contribution in [2.24, 2.45) is 0 Å². The number of rotatable bonds is 2. The Balaban J connectivity index is 1.71. The quantitative estimate of drug-likeness (QED) is 0.821. The van der Waals surface area contributed by atoms with E-state index in [1.54, 1.807) is 0 Å². The molecule has 2 fully saturated rings. The lowest BCUT2D eigenvalue weighted by Crippen LogP contribution is -2.46. The van der Waals surface area contributed by atoms with Gasteiger partial charge in [0.2, 0.25) is 0 Å². The summed E-state index contributed by atoms with van der Waals surface area (Å²) in [5.41, 5.74) is 0.702. The molecule has 3 rings (SSSR count). The Morgan fingerprint density at radius 3 is 2.90 bits per heavy atom. The number of nitrogens with zero attached hydrogens (tertiary/aromatic N) is 1. The monoisotopic (exact) mass is 400 g/mol. The third kappa shape index (κ3) is 2.95. The zero-order valence-corrected chi connectivity index (χ0v) is 14.4. The van der Waals surface area contributed by atoms with Crippen molar-refractivity contribution in [1.29, 1.82) is 0 Å². The lowest BCUT2D eigenvalue weighted by molar-refractivity contribution is 0.0914. The zero-order valence-electron chi connectivity index (χ0n) is 11.2. The highest BCUT2D eigenvalue weighted by molar-refractivity contribution is 9.11. The van der Waals surface area contributed by atoms with Crippen molar-refractivity contribution in [2.45, 2.75) is 37.8 Å². The van der Waals surface area contributed by atoms with E-state index in [9.17, 15) is 4.79 Å². The van der Waals surface area contributed by atoms with Gasteiger partial charge in [0, 0.05) is 27.6 Å². The van der Waals surface area contributed by atoms with E-state index in [4.69, 9.17) is 0 Å². The van der Waals surface area contributed by atoms with Crippen LogP contribution in [-0.2, 0) is 0 Å². The van der Waals surface area contributed by atoms with Crippen molar-refractivity contribution in [3.8, 4) is 0 Å². The van der Waals surface area contributed by atoms with Crippen LogP contribution in [0.15, 0.2) is 27.1 Å². The van der Waals surface area contributed by atoms with Gasteiger partial charge in [-0.2, -0.15) is 0 Å². The highest BCUT2D eigenvalue weighted by Crippen LogP contribution is 2.28. The van der Waals surface area contributed by atoms with Crippen molar-refractivity contribution < 1.29 is 4.79 Å². The summed E-state index contributed by atoms with van der Waals surface area (Å²) in [5.74, 6) is 0.0237. The van der Waals surface area contributed by atoms with Crippen LogP contribution in [0.2, 0.25) is 0 Å². The first-order chi connectivity index (χ1) is 9.65. The minimum Gasteiger partial charge on any atom is -0.348 e. The molecule has 0 radical (unpaired) electrons. The number of nitrogens with one attached hydrogen (secondary N) is 1. The molecule has 2 heterocycles. The fourth-order valence-corrected chi connectivity index (χ4v) is 4.12. The molecule has 108 valence electrons. The Bertz CT molecular complexity index is 521. The van der Waals surface area contributed by atoms with E-state index in [0.717, 1.165) is 21.9 Å². The third-order valence-corrected chi connectivity index (χ3v) is 5.53.